The molecule has 2 atom stereocenters. The minimum absolute atomic E-state index is 0.0178. The van der Waals surface area contributed by atoms with Crippen LogP contribution in [0, 0.1) is 6.92 Å². The molecular weight excluding hydrogens is 422 g/mol. The van der Waals surface area contributed by atoms with E-state index in [-0.39, 0.29) is 18.0 Å². The molecule has 154 valence electrons. The van der Waals surface area contributed by atoms with Gasteiger partial charge in [-0.3, -0.25) is 14.5 Å². The SMILES string of the molecule is Cc1ncsc1C=CC1=C(C(=O)O)N2C(=O)C(NC(=O)Cc3ccccc3)[C@H]2SC1. The summed E-state index contributed by atoms with van der Waals surface area (Å²) in [5, 5.41) is 12.1. The topological polar surface area (TPSA) is 99.6 Å². The van der Waals surface area contributed by atoms with Crippen LogP contribution in [0.15, 0.2) is 53.2 Å². The van der Waals surface area contributed by atoms with E-state index in [9.17, 15) is 19.5 Å². The predicted octanol–water partition coefficient (Wildman–Crippen LogP) is 2.45. The number of amides is 2. The molecule has 2 amide bonds. The maximum atomic E-state index is 12.7. The molecular formula is C21H19N3O4S2. The number of aliphatic carboxylic acids is 1. The third kappa shape index (κ3) is 3.90. The summed E-state index contributed by atoms with van der Waals surface area (Å²) in [5.41, 5.74) is 4.01. The minimum atomic E-state index is -1.15. The molecule has 0 aliphatic carbocycles. The number of allylic oxidation sites excluding steroid dienone is 1. The maximum Gasteiger partial charge on any atom is 0.352 e. The summed E-state index contributed by atoms with van der Waals surface area (Å²) in [7, 11) is 0. The fraction of sp³-hybridized carbons (Fsp3) is 0.238. The molecule has 1 fully saturated rings. The number of hydrogen-bond donors (Lipinski definition) is 2. The Labute approximate surface area is 181 Å². The first kappa shape index (κ1) is 20.4. The highest BCUT2D eigenvalue weighted by molar-refractivity contribution is 8.00. The molecule has 2 aromatic rings. The van der Waals surface area contributed by atoms with E-state index in [4.69, 9.17) is 0 Å². The number of nitrogens with zero attached hydrogens (tertiary/aromatic N) is 2. The first-order valence-corrected chi connectivity index (χ1v) is 11.2. The Balaban J connectivity index is 1.49. The number of benzene rings is 1. The van der Waals surface area contributed by atoms with Crippen LogP contribution in [-0.4, -0.2) is 49.9 Å². The second-order valence-corrected chi connectivity index (χ2v) is 8.92. The molecule has 3 heterocycles. The number of thioether (sulfide) groups is 1. The summed E-state index contributed by atoms with van der Waals surface area (Å²) in [4.78, 5) is 43.4. The highest BCUT2D eigenvalue weighted by atomic mass is 32.2. The van der Waals surface area contributed by atoms with Crippen LogP contribution in [-0.2, 0) is 20.8 Å². The Hall–Kier alpha value is -2.91. The molecule has 0 saturated carbocycles. The number of β-lactam (4-membered cyclic amide) rings is 1. The van der Waals surface area contributed by atoms with E-state index in [2.05, 4.69) is 10.3 Å². The van der Waals surface area contributed by atoms with Crippen molar-refractivity contribution in [2.24, 2.45) is 0 Å². The van der Waals surface area contributed by atoms with Crippen molar-refractivity contribution in [1.82, 2.24) is 15.2 Å². The van der Waals surface area contributed by atoms with Crippen LogP contribution in [0.5, 0.6) is 0 Å². The highest BCUT2D eigenvalue weighted by Gasteiger charge is 2.53. The number of nitrogens with one attached hydrogen (secondary N) is 1. The Kier molecular flexibility index (Phi) is 5.74. The number of carboxylic acids is 1. The average Bonchev–Trinajstić information content (AvgIpc) is 3.15. The maximum absolute atomic E-state index is 12.7. The van der Waals surface area contributed by atoms with Crippen LogP contribution < -0.4 is 5.32 Å². The Morgan fingerprint density at radius 3 is 2.73 bits per heavy atom. The smallest absolute Gasteiger partial charge is 0.352 e. The standard InChI is InChI=1S/C21H19N3O4S2/c1-12-15(30-11-22-12)8-7-14-10-29-20-17(19(26)24(20)18(14)21(27)28)23-16(25)9-13-5-3-2-4-6-13/h2-8,11,17,20H,9-10H2,1H3,(H,23,25)(H,27,28)/t17?,20-/m1/s1. The molecule has 0 spiro atoms. The number of carboxylic acid groups (broad SMARTS) is 1. The molecule has 1 unspecified atom stereocenters. The van der Waals surface area contributed by atoms with Crippen LogP contribution in [0.3, 0.4) is 0 Å². The molecule has 1 aromatic heterocycles. The van der Waals surface area contributed by atoms with Crippen molar-refractivity contribution in [3.05, 3.63) is 69.3 Å². The van der Waals surface area contributed by atoms with Gasteiger partial charge in [-0.1, -0.05) is 36.4 Å². The zero-order valence-corrected chi connectivity index (χ0v) is 17.7. The van der Waals surface area contributed by atoms with Crippen LogP contribution in [0.4, 0.5) is 0 Å². The summed E-state index contributed by atoms with van der Waals surface area (Å²) in [6, 6.07) is 8.55. The molecule has 0 bridgehead atoms. The van der Waals surface area contributed by atoms with Crippen LogP contribution in [0.1, 0.15) is 16.1 Å². The van der Waals surface area contributed by atoms with Crippen molar-refractivity contribution in [3.8, 4) is 0 Å². The van der Waals surface area contributed by atoms with E-state index in [0.29, 0.717) is 11.3 Å². The van der Waals surface area contributed by atoms with Gasteiger partial charge in [-0.15, -0.1) is 23.1 Å². The highest BCUT2D eigenvalue weighted by Crippen LogP contribution is 2.40. The molecule has 1 saturated heterocycles. The molecule has 2 aliphatic heterocycles. The van der Waals surface area contributed by atoms with E-state index < -0.39 is 23.3 Å². The normalized spacial score (nSPS) is 20.8. The summed E-state index contributed by atoms with van der Waals surface area (Å²) in [6.07, 6.45) is 3.74. The molecule has 9 heteroatoms. The third-order valence-electron chi connectivity index (χ3n) is 4.94. The molecule has 1 aromatic carbocycles. The van der Waals surface area contributed by atoms with Gasteiger partial charge in [0.05, 0.1) is 17.6 Å². The van der Waals surface area contributed by atoms with E-state index in [1.807, 2.05) is 43.3 Å². The predicted molar refractivity (Wildman–Crippen MR) is 116 cm³/mol. The number of carbonyl (C=O) groups excluding carboxylic acids is 2. The number of carbonyl (C=O) groups is 3. The summed E-state index contributed by atoms with van der Waals surface area (Å²) in [6.45, 7) is 1.88. The number of fused-ring (bicyclic) bond motifs is 1. The van der Waals surface area contributed by atoms with Gasteiger partial charge in [0, 0.05) is 10.6 Å². The van der Waals surface area contributed by atoms with Crippen molar-refractivity contribution in [2.45, 2.75) is 24.8 Å². The van der Waals surface area contributed by atoms with E-state index in [0.717, 1.165) is 16.1 Å². The zero-order valence-electron chi connectivity index (χ0n) is 16.1. The summed E-state index contributed by atoms with van der Waals surface area (Å²) in [5.74, 6) is -1.36. The van der Waals surface area contributed by atoms with Crippen molar-refractivity contribution in [3.63, 3.8) is 0 Å². The van der Waals surface area contributed by atoms with Gasteiger partial charge in [-0.25, -0.2) is 9.78 Å². The number of aromatic nitrogens is 1. The van der Waals surface area contributed by atoms with Gasteiger partial charge in [-0.05, 0) is 24.1 Å². The number of aryl methyl sites for hydroxylation is 1. The fourth-order valence-electron chi connectivity index (χ4n) is 3.42. The van der Waals surface area contributed by atoms with Gasteiger partial charge in [-0.2, -0.15) is 0 Å². The monoisotopic (exact) mass is 441 g/mol. The number of hydrogen-bond acceptors (Lipinski definition) is 6. The first-order valence-electron chi connectivity index (χ1n) is 9.28. The zero-order chi connectivity index (χ0) is 21.3. The second-order valence-electron chi connectivity index (χ2n) is 6.93. The Bertz CT molecular complexity index is 1060. The molecule has 2 N–H and O–H groups in total. The molecule has 0 radical (unpaired) electrons. The summed E-state index contributed by atoms with van der Waals surface area (Å²) >= 11 is 2.92. The van der Waals surface area contributed by atoms with Crippen LogP contribution in [0.25, 0.3) is 6.08 Å². The molecule has 4 rings (SSSR count). The Morgan fingerprint density at radius 1 is 1.30 bits per heavy atom. The fourth-order valence-corrected chi connectivity index (χ4v) is 5.44. The second kappa shape index (κ2) is 8.45. The van der Waals surface area contributed by atoms with Crippen LogP contribution in [0.2, 0.25) is 0 Å². The van der Waals surface area contributed by atoms with Gasteiger partial charge >= 0.3 is 5.97 Å². The van der Waals surface area contributed by atoms with Crippen molar-refractivity contribution in [1.29, 1.82) is 0 Å². The first-order chi connectivity index (χ1) is 14.5. The quantitative estimate of drug-likeness (QED) is 0.668. The van der Waals surface area contributed by atoms with E-state index in [1.165, 1.54) is 28.0 Å². The lowest BCUT2D eigenvalue weighted by atomic mass is 10.0. The largest absolute Gasteiger partial charge is 0.477 e. The Morgan fingerprint density at radius 2 is 2.07 bits per heavy atom. The lowest BCUT2D eigenvalue weighted by molar-refractivity contribution is -0.150. The van der Waals surface area contributed by atoms with E-state index in [1.54, 1.807) is 11.6 Å². The van der Waals surface area contributed by atoms with Gasteiger partial charge in [0.15, 0.2) is 0 Å². The average molecular weight is 442 g/mol. The lowest BCUT2D eigenvalue weighted by Gasteiger charge is -2.49. The van der Waals surface area contributed by atoms with Crippen molar-refractivity contribution < 1.29 is 19.5 Å². The third-order valence-corrected chi connectivity index (χ3v) is 7.14. The van der Waals surface area contributed by atoms with Gasteiger partial charge < -0.3 is 10.4 Å². The molecule has 30 heavy (non-hydrogen) atoms. The van der Waals surface area contributed by atoms with Gasteiger partial charge in [0.2, 0.25) is 5.91 Å². The number of rotatable bonds is 6. The van der Waals surface area contributed by atoms with Crippen LogP contribution >= 0.6 is 23.1 Å². The van der Waals surface area contributed by atoms with Gasteiger partial charge in [0.25, 0.3) is 5.91 Å². The summed E-state index contributed by atoms with van der Waals surface area (Å²) < 4.78 is 0. The number of thiazole rings is 1. The van der Waals surface area contributed by atoms with Gasteiger partial charge in [0.1, 0.15) is 17.1 Å². The molecule has 7 nitrogen and oxygen atoms in total. The minimum Gasteiger partial charge on any atom is -0.477 e. The van der Waals surface area contributed by atoms with Crippen molar-refractivity contribution >= 4 is 47.0 Å². The van der Waals surface area contributed by atoms with E-state index >= 15 is 0 Å². The van der Waals surface area contributed by atoms with Crippen molar-refractivity contribution in [2.75, 3.05) is 5.75 Å². The lowest BCUT2D eigenvalue weighted by Crippen LogP contribution is -2.70. The molecule has 2 aliphatic rings.